The molecule has 0 aliphatic rings. The number of carbonyl (C=O) groups is 1. The maximum atomic E-state index is 12.0. The summed E-state index contributed by atoms with van der Waals surface area (Å²) in [5.41, 5.74) is 2.73. The molecule has 0 saturated carbocycles. The van der Waals surface area contributed by atoms with Crippen molar-refractivity contribution in [1.82, 2.24) is 19.7 Å². The molecular weight excluding hydrogens is 242 g/mol. The van der Waals surface area contributed by atoms with Gasteiger partial charge in [0.05, 0.1) is 23.6 Å². The van der Waals surface area contributed by atoms with Crippen LogP contribution in [-0.4, -0.2) is 25.7 Å². The number of H-pyrrole nitrogens is 1. The molecular formula is C13H13N5O. The Bertz CT molecular complexity index is 727. The van der Waals surface area contributed by atoms with Crippen molar-refractivity contribution in [2.45, 2.75) is 13.5 Å². The molecule has 0 bridgehead atoms. The zero-order chi connectivity index (χ0) is 13.2. The summed E-state index contributed by atoms with van der Waals surface area (Å²) in [7, 11) is 0. The van der Waals surface area contributed by atoms with Crippen molar-refractivity contribution in [2.75, 3.05) is 5.32 Å². The first-order valence-electron chi connectivity index (χ1n) is 5.94. The van der Waals surface area contributed by atoms with Gasteiger partial charge in [0.2, 0.25) is 5.91 Å². The highest BCUT2D eigenvalue weighted by Crippen LogP contribution is 2.12. The number of fused-ring (bicyclic) bond motifs is 1. The van der Waals surface area contributed by atoms with Crippen LogP contribution in [0.5, 0.6) is 0 Å². The van der Waals surface area contributed by atoms with Crippen LogP contribution >= 0.6 is 0 Å². The molecule has 2 heterocycles. The largest absolute Gasteiger partial charge is 0.321 e. The second-order valence-electron chi connectivity index (χ2n) is 4.34. The molecule has 0 radical (unpaired) electrons. The number of imidazole rings is 1. The topological polar surface area (TPSA) is 75.6 Å². The minimum absolute atomic E-state index is 0.115. The number of aromatic amines is 1. The lowest BCUT2D eigenvalue weighted by atomic mass is 10.3. The van der Waals surface area contributed by atoms with Crippen LogP contribution in [0.1, 0.15) is 5.56 Å². The van der Waals surface area contributed by atoms with E-state index in [4.69, 9.17) is 0 Å². The van der Waals surface area contributed by atoms with Crippen molar-refractivity contribution < 1.29 is 4.79 Å². The first kappa shape index (κ1) is 11.5. The molecule has 2 N–H and O–H groups in total. The first-order valence-corrected chi connectivity index (χ1v) is 5.94. The van der Waals surface area contributed by atoms with E-state index in [0.717, 1.165) is 16.6 Å². The molecule has 6 heteroatoms. The Labute approximate surface area is 109 Å². The number of anilines is 1. The lowest BCUT2D eigenvalue weighted by Gasteiger charge is -2.05. The molecule has 1 aromatic carbocycles. The molecule has 0 spiro atoms. The molecule has 96 valence electrons. The molecule has 19 heavy (non-hydrogen) atoms. The average Bonchev–Trinajstić information content (AvgIpc) is 2.98. The molecule has 3 rings (SSSR count). The summed E-state index contributed by atoms with van der Waals surface area (Å²) in [6.07, 6.45) is 3.34. The number of rotatable bonds is 3. The smallest absolute Gasteiger partial charge is 0.245 e. The van der Waals surface area contributed by atoms with Crippen LogP contribution in [0.25, 0.3) is 11.0 Å². The average molecular weight is 255 g/mol. The molecule has 2 aromatic heterocycles. The Morgan fingerprint density at radius 1 is 1.42 bits per heavy atom. The van der Waals surface area contributed by atoms with Gasteiger partial charge in [-0.1, -0.05) is 12.1 Å². The fraction of sp³-hybridized carbons (Fsp3) is 0.154. The van der Waals surface area contributed by atoms with Crippen LogP contribution in [-0.2, 0) is 11.3 Å². The van der Waals surface area contributed by atoms with Crippen LogP contribution in [0, 0.1) is 6.92 Å². The maximum absolute atomic E-state index is 12.0. The van der Waals surface area contributed by atoms with E-state index in [2.05, 4.69) is 20.5 Å². The number of hydrogen-bond acceptors (Lipinski definition) is 3. The lowest BCUT2D eigenvalue weighted by molar-refractivity contribution is -0.116. The van der Waals surface area contributed by atoms with Crippen molar-refractivity contribution >= 4 is 22.8 Å². The Kier molecular flexibility index (Phi) is 2.75. The van der Waals surface area contributed by atoms with Gasteiger partial charge in [0.15, 0.2) is 0 Å². The van der Waals surface area contributed by atoms with E-state index in [1.165, 1.54) is 0 Å². The van der Waals surface area contributed by atoms with Crippen molar-refractivity contribution in [3.05, 3.63) is 42.4 Å². The third-order valence-electron chi connectivity index (χ3n) is 2.93. The molecule has 0 aliphatic heterocycles. The van der Waals surface area contributed by atoms with Gasteiger partial charge in [-0.15, -0.1) is 0 Å². The van der Waals surface area contributed by atoms with E-state index in [9.17, 15) is 4.79 Å². The van der Waals surface area contributed by atoms with Gasteiger partial charge in [-0.2, -0.15) is 5.10 Å². The minimum Gasteiger partial charge on any atom is -0.321 e. The highest BCUT2D eigenvalue weighted by molar-refractivity contribution is 5.91. The van der Waals surface area contributed by atoms with Crippen LogP contribution in [0.4, 0.5) is 5.82 Å². The second-order valence-corrected chi connectivity index (χ2v) is 4.34. The number of benzene rings is 1. The number of carbonyl (C=O) groups excluding carboxylic acids is 1. The van der Waals surface area contributed by atoms with Gasteiger partial charge in [0.1, 0.15) is 12.4 Å². The first-order chi connectivity index (χ1) is 9.24. The highest BCUT2D eigenvalue weighted by Gasteiger charge is 2.09. The van der Waals surface area contributed by atoms with Gasteiger partial charge in [-0.3, -0.25) is 9.89 Å². The summed E-state index contributed by atoms with van der Waals surface area (Å²) >= 11 is 0. The number of aryl methyl sites for hydroxylation is 1. The zero-order valence-electron chi connectivity index (χ0n) is 10.4. The van der Waals surface area contributed by atoms with Crippen molar-refractivity contribution in [3.63, 3.8) is 0 Å². The minimum atomic E-state index is -0.115. The lowest BCUT2D eigenvalue weighted by Crippen LogP contribution is -2.18. The summed E-state index contributed by atoms with van der Waals surface area (Å²) in [6.45, 7) is 2.10. The fourth-order valence-electron chi connectivity index (χ4n) is 1.94. The molecule has 0 fully saturated rings. The van der Waals surface area contributed by atoms with Crippen LogP contribution in [0.2, 0.25) is 0 Å². The van der Waals surface area contributed by atoms with E-state index in [1.807, 2.05) is 35.8 Å². The van der Waals surface area contributed by atoms with E-state index in [0.29, 0.717) is 5.82 Å². The predicted octanol–water partition coefficient (Wildman–Crippen LogP) is 1.71. The molecule has 0 unspecified atom stereocenters. The molecule has 0 atom stereocenters. The number of nitrogens with one attached hydrogen (secondary N) is 2. The quantitative estimate of drug-likeness (QED) is 0.748. The predicted molar refractivity (Wildman–Crippen MR) is 71.7 cm³/mol. The fourth-order valence-corrected chi connectivity index (χ4v) is 1.94. The van der Waals surface area contributed by atoms with Crippen molar-refractivity contribution in [2.24, 2.45) is 0 Å². The monoisotopic (exact) mass is 255 g/mol. The normalized spacial score (nSPS) is 10.8. The number of para-hydroxylation sites is 2. The second kappa shape index (κ2) is 4.56. The molecule has 3 aromatic rings. The summed E-state index contributed by atoms with van der Waals surface area (Å²) in [4.78, 5) is 16.2. The van der Waals surface area contributed by atoms with Crippen molar-refractivity contribution in [3.8, 4) is 0 Å². The Hall–Kier alpha value is -2.63. The van der Waals surface area contributed by atoms with E-state index in [-0.39, 0.29) is 12.5 Å². The summed E-state index contributed by atoms with van der Waals surface area (Å²) < 4.78 is 1.82. The zero-order valence-corrected chi connectivity index (χ0v) is 10.4. The summed E-state index contributed by atoms with van der Waals surface area (Å²) in [5, 5.41) is 9.40. The van der Waals surface area contributed by atoms with Gasteiger partial charge in [-0.05, 0) is 19.1 Å². The number of amides is 1. The third kappa shape index (κ3) is 2.20. The standard InChI is InChI=1S/C13H13N5O/c1-9-6-15-17-13(9)16-12(19)7-18-8-14-10-4-2-3-5-11(10)18/h2-6,8H,7H2,1H3,(H2,15,16,17,19). The maximum Gasteiger partial charge on any atom is 0.245 e. The van der Waals surface area contributed by atoms with Gasteiger partial charge in [0.25, 0.3) is 0 Å². The number of hydrogen-bond donors (Lipinski definition) is 2. The van der Waals surface area contributed by atoms with Gasteiger partial charge < -0.3 is 9.88 Å². The number of nitrogens with zero attached hydrogens (tertiary/aromatic N) is 3. The highest BCUT2D eigenvalue weighted by atomic mass is 16.2. The number of aromatic nitrogens is 4. The van der Waals surface area contributed by atoms with Gasteiger partial charge >= 0.3 is 0 Å². The van der Waals surface area contributed by atoms with Crippen LogP contribution in [0.3, 0.4) is 0 Å². The Morgan fingerprint density at radius 3 is 3.05 bits per heavy atom. The molecule has 0 saturated heterocycles. The van der Waals surface area contributed by atoms with Gasteiger partial charge in [-0.25, -0.2) is 4.98 Å². The summed E-state index contributed by atoms with van der Waals surface area (Å²) in [6, 6.07) is 7.71. The van der Waals surface area contributed by atoms with E-state index < -0.39 is 0 Å². The van der Waals surface area contributed by atoms with Gasteiger partial charge in [0, 0.05) is 5.56 Å². The summed E-state index contributed by atoms with van der Waals surface area (Å²) in [5.74, 6) is 0.518. The Morgan fingerprint density at radius 2 is 2.26 bits per heavy atom. The molecule has 1 amide bonds. The third-order valence-corrected chi connectivity index (χ3v) is 2.93. The van der Waals surface area contributed by atoms with Crippen LogP contribution < -0.4 is 5.32 Å². The van der Waals surface area contributed by atoms with Crippen molar-refractivity contribution in [1.29, 1.82) is 0 Å². The van der Waals surface area contributed by atoms with Crippen LogP contribution in [0.15, 0.2) is 36.8 Å². The Balaban J connectivity index is 1.78. The molecule has 0 aliphatic carbocycles. The molecule has 6 nitrogen and oxygen atoms in total. The van der Waals surface area contributed by atoms with E-state index >= 15 is 0 Å². The SMILES string of the molecule is Cc1cn[nH]c1NC(=O)Cn1cnc2ccccc21. The van der Waals surface area contributed by atoms with E-state index in [1.54, 1.807) is 12.5 Å².